The molecule has 0 bridgehead atoms. The smallest absolute Gasteiger partial charge is 0.402 e. The zero-order chi connectivity index (χ0) is 10.7. The van der Waals surface area contributed by atoms with E-state index in [0.29, 0.717) is 0 Å². The normalized spacial score (nSPS) is 12.6. The maximum absolute atomic E-state index is 12.3. The van der Waals surface area contributed by atoms with Crippen LogP contribution < -0.4 is 0 Å². The van der Waals surface area contributed by atoms with Gasteiger partial charge in [-0.2, -0.15) is 17.2 Å². The highest BCUT2D eigenvalue weighted by Crippen LogP contribution is 2.20. The van der Waals surface area contributed by atoms with Gasteiger partial charge in [0.05, 0.1) is 0 Å². The molecule has 78 valence electrons. The van der Waals surface area contributed by atoms with Gasteiger partial charge in [0, 0.05) is 0 Å². The highest BCUT2D eigenvalue weighted by atomic mass is 79.9. The molecule has 0 aliphatic heterocycles. The number of alkyl halides is 3. The Morgan fingerprint density at radius 3 is 2.31 bits per heavy atom. The molecule has 0 amide bonds. The predicted octanol–water partition coefficient (Wildman–Crippen LogP) is 0.405. The minimum atomic E-state index is -5.53. The Morgan fingerprint density at radius 2 is 2.00 bits per heavy atom. The second kappa shape index (κ2) is 4.29. The van der Waals surface area contributed by atoms with Crippen molar-refractivity contribution in [1.82, 2.24) is 0 Å². The van der Waals surface area contributed by atoms with Crippen LogP contribution in [0.3, 0.4) is 0 Å². The zero-order valence-electron chi connectivity index (χ0n) is 6.04. The Morgan fingerprint density at radius 1 is 1.54 bits per heavy atom. The first-order valence-electron chi connectivity index (χ1n) is 2.77. The fourth-order valence-corrected chi connectivity index (χ4v) is 0.647. The minimum Gasteiger partial charge on any atom is -0.457 e. The van der Waals surface area contributed by atoms with Gasteiger partial charge in [-0.1, -0.05) is 15.9 Å². The number of rotatable bonds is 4. The Labute approximate surface area is 80.9 Å². The van der Waals surface area contributed by atoms with E-state index >= 15 is 0 Å². The molecule has 0 heterocycles. The molecule has 0 aromatic rings. The molecule has 1 N–H and O–H groups in total. The van der Waals surface area contributed by atoms with Crippen LogP contribution in [-0.4, -0.2) is 36.1 Å². The van der Waals surface area contributed by atoms with E-state index in [2.05, 4.69) is 20.7 Å². The van der Waals surface area contributed by atoms with E-state index < -0.39 is 27.9 Å². The van der Waals surface area contributed by atoms with Crippen LogP contribution in [0.2, 0.25) is 0 Å². The summed E-state index contributed by atoms with van der Waals surface area (Å²) in [5, 5.41) is -4.81. The summed E-state index contributed by atoms with van der Waals surface area (Å²) < 4.78 is 56.3. The monoisotopic (exact) mass is 282 g/mol. The van der Waals surface area contributed by atoms with Gasteiger partial charge in [0.25, 0.3) is 0 Å². The van der Waals surface area contributed by atoms with Gasteiger partial charge >= 0.3 is 21.3 Å². The average Bonchev–Trinajstić information content (AvgIpc) is 1.98. The van der Waals surface area contributed by atoms with Gasteiger partial charge in [0.1, 0.15) is 5.33 Å². The molecule has 0 aromatic heterocycles. The summed E-state index contributed by atoms with van der Waals surface area (Å²) >= 11 is 2.60. The Hall–Kier alpha value is -0.280. The first-order valence-corrected chi connectivity index (χ1v) is 5.33. The van der Waals surface area contributed by atoms with E-state index in [1.165, 1.54) is 0 Å². The van der Waals surface area contributed by atoms with Gasteiger partial charge in [-0.3, -0.25) is 9.35 Å². The van der Waals surface area contributed by atoms with Crippen molar-refractivity contribution in [3.63, 3.8) is 0 Å². The molecule has 0 spiro atoms. The lowest BCUT2D eigenvalue weighted by molar-refractivity contribution is -0.146. The van der Waals surface area contributed by atoms with E-state index in [0.717, 1.165) is 0 Å². The molecular weight excluding hydrogens is 278 g/mol. The largest absolute Gasteiger partial charge is 0.457 e. The van der Waals surface area contributed by atoms with Gasteiger partial charge in [-0.25, -0.2) is 0 Å². The van der Waals surface area contributed by atoms with Gasteiger partial charge in [0.2, 0.25) is 0 Å². The molecule has 0 unspecified atom stereocenters. The second-order valence-electron chi connectivity index (χ2n) is 1.91. The number of carbonyl (C=O) groups is 1. The first-order chi connectivity index (χ1) is 5.70. The maximum Gasteiger partial charge on any atom is 0.402 e. The van der Waals surface area contributed by atoms with E-state index in [-0.39, 0.29) is 5.33 Å². The molecule has 0 aromatic carbocycles. The van der Waals surface area contributed by atoms with Crippen molar-refractivity contribution in [2.75, 3.05) is 11.9 Å². The number of ether oxygens (including phenoxy) is 1. The standard InChI is InChI=1S/C4H5BrF2O5S/c5-1-3(8)12-2-4(6,7)13(9,10)11/h1-2H2,(H,9,10,11). The van der Waals surface area contributed by atoms with E-state index in [1.54, 1.807) is 0 Å². The molecule has 0 saturated carbocycles. The number of hydrogen-bond donors (Lipinski definition) is 1. The fraction of sp³-hybridized carbons (Fsp3) is 0.750. The number of esters is 1. The van der Waals surface area contributed by atoms with E-state index in [4.69, 9.17) is 4.55 Å². The first kappa shape index (κ1) is 12.7. The summed E-state index contributed by atoms with van der Waals surface area (Å²) in [6, 6.07) is 0. The van der Waals surface area contributed by atoms with Gasteiger partial charge in [-0.05, 0) is 0 Å². The van der Waals surface area contributed by atoms with Crippen LogP contribution >= 0.6 is 15.9 Å². The Balaban J connectivity index is 4.29. The summed E-state index contributed by atoms with van der Waals surface area (Å²) in [7, 11) is -5.53. The molecule has 0 aliphatic carbocycles. The van der Waals surface area contributed by atoms with Crippen molar-refractivity contribution in [1.29, 1.82) is 0 Å². The summed E-state index contributed by atoms with van der Waals surface area (Å²) in [5.41, 5.74) is 0. The Bertz CT molecular complexity index is 287. The lowest BCUT2D eigenvalue weighted by Crippen LogP contribution is -2.34. The maximum atomic E-state index is 12.3. The van der Waals surface area contributed by atoms with Gasteiger partial charge in [0.15, 0.2) is 6.61 Å². The van der Waals surface area contributed by atoms with Crippen molar-refractivity contribution < 1.29 is 31.3 Å². The quantitative estimate of drug-likeness (QED) is 0.459. The Kier molecular flexibility index (Phi) is 4.20. The highest BCUT2D eigenvalue weighted by molar-refractivity contribution is 9.09. The average molecular weight is 283 g/mol. The molecular formula is C4H5BrF2O5S. The lowest BCUT2D eigenvalue weighted by atomic mass is 10.7. The second-order valence-corrected chi connectivity index (χ2v) is 4.01. The highest BCUT2D eigenvalue weighted by Gasteiger charge is 2.45. The number of carbonyl (C=O) groups excluding carboxylic acids is 1. The molecule has 0 saturated heterocycles. The van der Waals surface area contributed by atoms with Crippen LogP contribution in [0.1, 0.15) is 0 Å². The van der Waals surface area contributed by atoms with Crippen molar-refractivity contribution in [3.05, 3.63) is 0 Å². The van der Waals surface area contributed by atoms with Crippen molar-refractivity contribution in [3.8, 4) is 0 Å². The van der Waals surface area contributed by atoms with Crippen LogP contribution in [-0.2, 0) is 19.6 Å². The predicted molar refractivity (Wildman–Crippen MR) is 41.2 cm³/mol. The summed E-state index contributed by atoms with van der Waals surface area (Å²) in [6.07, 6.45) is 0. The summed E-state index contributed by atoms with van der Waals surface area (Å²) in [5.74, 6) is -1.05. The number of halogens is 3. The third kappa shape index (κ3) is 3.96. The molecule has 0 aliphatic rings. The van der Waals surface area contributed by atoms with Crippen molar-refractivity contribution in [2.45, 2.75) is 5.25 Å². The SMILES string of the molecule is O=C(CBr)OCC(F)(F)S(=O)(=O)O. The molecule has 5 nitrogen and oxygen atoms in total. The van der Waals surface area contributed by atoms with E-state index in [1.807, 2.05) is 0 Å². The van der Waals surface area contributed by atoms with Gasteiger partial charge in [-0.15, -0.1) is 0 Å². The lowest BCUT2D eigenvalue weighted by Gasteiger charge is -2.11. The molecule has 0 fully saturated rings. The van der Waals surface area contributed by atoms with E-state index in [9.17, 15) is 22.0 Å². The molecule has 9 heteroatoms. The van der Waals surface area contributed by atoms with Gasteiger partial charge < -0.3 is 4.74 Å². The van der Waals surface area contributed by atoms with Crippen molar-refractivity contribution in [2.24, 2.45) is 0 Å². The fourth-order valence-electron chi connectivity index (χ4n) is 0.278. The van der Waals surface area contributed by atoms with Crippen LogP contribution in [0.5, 0.6) is 0 Å². The number of hydrogen-bond acceptors (Lipinski definition) is 4. The third-order valence-corrected chi connectivity index (χ3v) is 2.22. The topological polar surface area (TPSA) is 80.7 Å². The van der Waals surface area contributed by atoms with Crippen LogP contribution in [0.15, 0.2) is 0 Å². The van der Waals surface area contributed by atoms with Crippen LogP contribution in [0.25, 0.3) is 0 Å². The van der Waals surface area contributed by atoms with Crippen LogP contribution in [0.4, 0.5) is 8.78 Å². The molecule has 0 radical (unpaired) electrons. The summed E-state index contributed by atoms with van der Waals surface area (Å²) in [6.45, 7) is -1.70. The molecule has 13 heavy (non-hydrogen) atoms. The zero-order valence-corrected chi connectivity index (χ0v) is 8.44. The minimum absolute atomic E-state index is 0.339. The molecule has 0 atom stereocenters. The van der Waals surface area contributed by atoms with Crippen molar-refractivity contribution >= 4 is 32.0 Å². The van der Waals surface area contributed by atoms with Crippen LogP contribution in [0, 0.1) is 0 Å². The third-order valence-electron chi connectivity index (χ3n) is 0.888. The summed E-state index contributed by atoms with van der Waals surface area (Å²) in [4.78, 5) is 10.3. The molecule has 0 rings (SSSR count).